The van der Waals surface area contributed by atoms with Gasteiger partial charge in [0.15, 0.2) is 11.6 Å². The minimum Gasteiger partial charge on any atom is -0.489 e. The van der Waals surface area contributed by atoms with E-state index in [0.717, 1.165) is 30.6 Å². The molecule has 1 aromatic carbocycles. The molecule has 0 N–H and O–H groups in total. The summed E-state index contributed by atoms with van der Waals surface area (Å²) < 4.78 is 26.1. The van der Waals surface area contributed by atoms with E-state index in [2.05, 4.69) is 16.9 Å². The lowest BCUT2D eigenvalue weighted by molar-refractivity contribution is -0.120. The van der Waals surface area contributed by atoms with E-state index >= 15 is 0 Å². The Morgan fingerprint density at radius 3 is 2.64 bits per heavy atom. The predicted octanol–water partition coefficient (Wildman–Crippen LogP) is 3.58. The normalized spacial score (nSPS) is 21.8. The standard InChI is InChI=1S/C25H31FN4O3/c1-17(14-23(31)19-2-3-19)18-4-6-20(7-5-18)33-21-8-9-30(16-21)24-22(26)15-27-25(28-24)29-10-12-32-13-11-29/h4-7,15,17,19,21H,2-3,8-14,16H2,1H3/t17-,21-/m1/s1. The fourth-order valence-electron chi connectivity index (χ4n) is 4.56. The number of benzene rings is 1. The van der Waals surface area contributed by atoms with Crippen molar-refractivity contribution in [1.82, 2.24) is 9.97 Å². The molecule has 176 valence electrons. The van der Waals surface area contributed by atoms with Gasteiger partial charge in [-0.15, -0.1) is 0 Å². The molecule has 1 aliphatic carbocycles. The van der Waals surface area contributed by atoms with Crippen molar-refractivity contribution in [2.75, 3.05) is 49.2 Å². The highest BCUT2D eigenvalue weighted by molar-refractivity contribution is 5.83. The molecule has 3 aliphatic rings. The number of hydrogen-bond donors (Lipinski definition) is 0. The van der Waals surface area contributed by atoms with Gasteiger partial charge in [0.25, 0.3) is 0 Å². The second kappa shape index (κ2) is 9.63. The molecule has 33 heavy (non-hydrogen) atoms. The molecule has 3 heterocycles. The highest BCUT2D eigenvalue weighted by atomic mass is 19.1. The number of Topliss-reactive ketones (excluding diaryl/α,β-unsaturated/α-hetero) is 1. The summed E-state index contributed by atoms with van der Waals surface area (Å²) in [4.78, 5) is 24.8. The predicted molar refractivity (Wildman–Crippen MR) is 123 cm³/mol. The Hall–Kier alpha value is -2.74. The van der Waals surface area contributed by atoms with Crippen molar-refractivity contribution in [3.63, 3.8) is 0 Å². The molecule has 1 aromatic heterocycles. The van der Waals surface area contributed by atoms with Crippen LogP contribution in [0.3, 0.4) is 0 Å². The Morgan fingerprint density at radius 1 is 1.15 bits per heavy atom. The van der Waals surface area contributed by atoms with Crippen LogP contribution in [0.5, 0.6) is 5.75 Å². The second-order valence-electron chi connectivity index (χ2n) is 9.33. The van der Waals surface area contributed by atoms with Gasteiger partial charge in [-0.05, 0) is 36.5 Å². The van der Waals surface area contributed by atoms with Gasteiger partial charge in [-0.2, -0.15) is 4.98 Å². The minimum absolute atomic E-state index is 0.0362. The van der Waals surface area contributed by atoms with Gasteiger partial charge < -0.3 is 19.3 Å². The van der Waals surface area contributed by atoms with E-state index in [-0.39, 0.29) is 12.0 Å². The third kappa shape index (κ3) is 5.27. The van der Waals surface area contributed by atoms with Gasteiger partial charge in [-0.25, -0.2) is 9.37 Å². The summed E-state index contributed by atoms with van der Waals surface area (Å²) in [6.07, 6.45) is 4.75. The van der Waals surface area contributed by atoms with Crippen LogP contribution in [0.4, 0.5) is 16.2 Å². The lowest BCUT2D eigenvalue weighted by atomic mass is 9.94. The molecule has 2 aromatic rings. The SMILES string of the molecule is C[C@H](CC(=O)C1CC1)c1ccc(O[C@@H]2CCN(c3nc(N4CCOCC4)ncc3F)C2)cc1. The summed E-state index contributed by atoms with van der Waals surface area (Å²) in [6.45, 7) is 6.03. The molecule has 8 heteroatoms. The van der Waals surface area contributed by atoms with Gasteiger partial charge in [-0.3, -0.25) is 4.79 Å². The van der Waals surface area contributed by atoms with Crippen LogP contribution < -0.4 is 14.5 Å². The molecule has 7 nitrogen and oxygen atoms in total. The van der Waals surface area contributed by atoms with E-state index in [0.29, 0.717) is 69.3 Å². The molecule has 2 aliphatic heterocycles. The number of halogens is 1. The number of ether oxygens (including phenoxy) is 2. The highest BCUT2D eigenvalue weighted by Crippen LogP contribution is 2.34. The van der Waals surface area contributed by atoms with Crippen molar-refractivity contribution in [3.8, 4) is 5.75 Å². The van der Waals surface area contributed by atoms with Crippen molar-refractivity contribution in [2.45, 2.75) is 44.6 Å². The molecule has 0 bridgehead atoms. The van der Waals surface area contributed by atoms with E-state index in [1.807, 2.05) is 34.1 Å². The van der Waals surface area contributed by atoms with Crippen molar-refractivity contribution in [2.24, 2.45) is 5.92 Å². The first-order valence-electron chi connectivity index (χ1n) is 12.0. The van der Waals surface area contributed by atoms with Gasteiger partial charge in [0.1, 0.15) is 17.6 Å². The maximum Gasteiger partial charge on any atom is 0.227 e. The first kappa shape index (κ1) is 22.1. The van der Waals surface area contributed by atoms with Crippen molar-refractivity contribution in [1.29, 1.82) is 0 Å². The minimum atomic E-state index is -0.410. The molecule has 2 atom stereocenters. The number of morpholine rings is 1. The van der Waals surface area contributed by atoms with E-state index in [1.165, 1.54) is 6.20 Å². The third-order valence-electron chi connectivity index (χ3n) is 6.74. The van der Waals surface area contributed by atoms with Gasteiger partial charge in [-0.1, -0.05) is 19.1 Å². The smallest absolute Gasteiger partial charge is 0.227 e. The zero-order chi connectivity index (χ0) is 22.8. The number of aromatic nitrogens is 2. The number of carbonyl (C=O) groups excluding carboxylic acids is 1. The summed E-state index contributed by atoms with van der Waals surface area (Å²) in [5, 5.41) is 0. The first-order valence-corrected chi connectivity index (χ1v) is 12.0. The first-order chi connectivity index (χ1) is 16.1. The molecule has 0 unspecified atom stereocenters. The van der Waals surface area contributed by atoms with Gasteiger partial charge in [0.2, 0.25) is 5.95 Å². The Bertz CT molecular complexity index is 976. The summed E-state index contributed by atoms with van der Waals surface area (Å²) in [5.41, 5.74) is 1.16. The Labute approximate surface area is 193 Å². The molecule has 3 fully saturated rings. The third-order valence-corrected chi connectivity index (χ3v) is 6.74. The van der Waals surface area contributed by atoms with Crippen LogP contribution in [0, 0.1) is 11.7 Å². The summed E-state index contributed by atoms with van der Waals surface area (Å²) >= 11 is 0. The number of rotatable bonds is 8. The zero-order valence-electron chi connectivity index (χ0n) is 19.1. The van der Waals surface area contributed by atoms with Crippen LogP contribution in [0.15, 0.2) is 30.5 Å². The molecule has 1 saturated carbocycles. The van der Waals surface area contributed by atoms with Gasteiger partial charge in [0, 0.05) is 38.4 Å². The topological polar surface area (TPSA) is 67.8 Å². The van der Waals surface area contributed by atoms with Crippen LogP contribution in [0.1, 0.15) is 44.1 Å². The fraction of sp³-hybridized carbons (Fsp3) is 0.560. The maximum atomic E-state index is 14.5. The van der Waals surface area contributed by atoms with E-state index in [1.54, 1.807) is 0 Å². The summed E-state index contributed by atoms with van der Waals surface area (Å²) in [5.74, 6) is 2.18. The maximum absolute atomic E-state index is 14.5. The number of nitrogens with zero attached hydrogens (tertiary/aromatic N) is 4. The number of carbonyl (C=O) groups is 1. The average molecular weight is 455 g/mol. The number of ketones is 1. The zero-order valence-corrected chi connectivity index (χ0v) is 19.1. The molecular weight excluding hydrogens is 423 g/mol. The molecule has 0 spiro atoms. The van der Waals surface area contributed by atoms with Crippen molar-refractivity contribution in [3.05, 3.63) is 41.8 Å². The number of anilines is 2. The Morgan fingerprint density at radius 2 is 1.91 bits per heavy atom. The monoisotopic (exact) mass is 454 g/mol. The largest absolute Gasteiger partial charge is 0.489 e. The summed E-state index contributed by atoms with van der Waals surface area (Å²) in [7, 11) is 0. The van der Waals surface area contributed by atoms with E-state index in [4.69, 9.17) is 9.47 Å². The van der Waals surface area contributed by atoms with Gasteiger partial charge >= 0.3 is 0 Å². The van der Waals surface area contributed by atoms with Crippen LogP contribution in [-0.2, 0) is 9.53 Å². The Balaban J connectivity index is 1.18. The van der Waals surface area contributed by atoms with Gasteiger partial charge in [0.05, 0.1) is 26.0 Å². The van der Waals surface area contributed by atoms with Crippen LogP contribution in [0.25, 0.3) is 0 Å². The van der Waals surface area contributed by atoms with Crippen LogP contribution >= 0.6 is 0 Å². The molecule has 0 radical (unpaired) electrons. The van der Waals surface area contributed by atoms with Crippen molar-refractivity contribution >= 4 is 17.5 Å². The second-order valence-corrected chi connectivity index (χ2v) is 9.33. The lowest BCUT2D eigenvalue weighted by Gasteiger charge is -2.27. The van der Waals surface area contributed by atoms with Crippen LogP contribution in [-0.4, -0.2) is 61.2 Å². The van der Waals surface area contributed by atoms with E-state index in [9.17, 15) is 9.18 Å². The molecule has 0 amide bonds. The number of hydrogen-bond acceptors (Lipinski definition) is 7. The summed E-state index contributed by atoms with van der Waals surface area (Å²) in [6, 6.07) is 8.03. The quantitative estimate of drug-likeness (QED) is 0.604. The fourth-order valence-corrected chi connectivity index (χ4v) is 4.56. The van der Waals surface area contributed by atoms with Crippen molar-refractivity contribution < 1.29 is 18.7 Å². The average Bonchev–Trinajstić information content (AvgIpc) is 3.60. The van der Waals surface area contributed by atoms with E-state index < -0.39 is 5.82 Å². The molecular formula is C25H31FN4O3. The lowest BCUT2D eigenvalue weighted by Crippen LogP contribution is -2.37. The Kier molecular flexibility index (Phi) is 6.44. The molecule has 5 rings (SSSR count). The highest BCUT2D eigenvalue weighted by Gasteiger charge is 2.31. The molecule has 2 saturated heterocycles. The van der Waals surface area contributed by atoms with Crippen LogP contribution in [0.2, 0.25) is 0 Å².